The van der Waals surface area contributed by atoms with Crippen LogP contribution < -0.4 is 4.74 Å². The molecule has 0 heterocycles. The van der Waals surface area contributed by atoms with Gasteiger partial charge in [-0.25, -0.2) is 0 Å². The average molecular weight is 225 g/mol. The molecule has 0 aliphatic rings. The van der Waals surface area contributed by atoms with Gasteiger partial charge in [-0.1, -0.05) is 12.1 Å². The molecule has 0 bridgehead atoms. The fourth-order valence-corrected chi connectivity index (χ4v) is 1.07. The summed E-state index contributed by atoms with van der Waals surface area (Å²) >= 11 is 0. The lowest BCUT2D eigenvalue weighted by molar-refractivity contribution is 0.0247. The molecule has 1 radical (unpaired) electrons. The Labute approximate surface area is 95.8 Å². The first-order valence-electron chi connectivity index (χ1n) is 5.29. The maximum atomic E-state index is 8.44. The van der Waals surface area contributed by atoms with Gasteiger partial charge < -0.3 is 19.3 Å². The number of hydrogen-bond acceptors (Lipinski definition) is 4. The zero-order valence-corrected chi connectivity index (χ0v) is 9.22. The van der Waals surface area contributed by atoms with E-state index in [1.165, 1.54) is 0 Å². The second-order valence-corrected chi connectivity index (χ2v) is 3.03. The quantitative estimate of drug-likeness (QED) is 0.634. The standard InChI is InChI=1S/C12H17O4/c13-6-7-14-8-9-15-10-11-16-12-4-2-1-3-5-12/h2-5,13H,6-11H2. The van der Waals surface area contributed by atoms with Crippen molar-refractivity contribution in [2.75, 3.05) is 39.6 Å². The summed E-state index contributed by atoms with van der Waals surface area (Å²) in [5.74, 6) is 0.818. The summed E-state index contributed by atoms with van der Waals surface area (Å²) < 4.78 is 15.7. The van der Waals surface area contributed by atoms with Crippen LogP contribution in [0, 0.1) is 6.07 Å². The average Bonchev–Trinajstić information content (AvgIpc) is 2.34. The van der Waals surface area contributed by atoms with E-state index in [0.29, 0.717) is 33.0 Å². The molecule has 0 unspecified atom stereocenters. The van der Waals surface area contributed by atoms with Gasteiger partial charge in [-0.05, 0) is 18.2 Å². The minimum absolute atomic E-state index is 0.0497. The molecule has 4 nitrogen and oxygen atoms in total. The third-order valence-corrected chi connectivity index (χ3v) is 1.79. The molecule has 0 aromatic heterocycles. The van der Waals surface area contributed by atoms with Crippen LogP contribution >= 0.6 is 0 Å². The van der Waals surface area contributed by atoms with E-state index in [1.54, 1.807) is 12.1 Å². The summed E-state index contributed by atoms with van der Waals surface area (Å²) in [7, 11) is 0. The number of aliphatic hydroxyl groups is 1. The van der Waals surface area contributed by atoms with Crippen molar-refractivity contribution >= 4 is 0 Å². The Kier molecular flexibility index (Phi) is 7.42. The molecular weight excluding hydrogens is 208 g/mol. The van der Waals surface area contributed by atoms with Gasteiger partial charge >= 0.3 is 0 Å². The lowest BCUT2D eigenvalue weighted by Crippen LogP contribution is -2.11. The first-order chi connectivity index (χ1) is 7.93. The Bertz CT molecular complexity index is 250. The number of hydrogen-bond donors (Lipinski definition) is 1. The van der Waals surface area contributed by atoms with Gasteiger partial charge in [0, 0.05) is 0 Å². The zero-order valence-electron chi connectivity index (χ0n) is 9.22. The molecule has 16 heavy (non-hydrogen) atoms. The summed E-state index contributed by atoms with van der Waals surface area (Å²) in [5, 5.41) is 8.44. The molecule has 1 rings (SSSR count). The third kappa shape index (κ3) is 6.40. The Balaban J connectivity index is 1.89. The van der Waals surface area contributed by atoms with Crippen LogP contribution in [0.25, 0.3) is 0 Å². The van der Waals surface area contributed by atoms with Gasteiger partial charge in [-0.2, -0.15) is 0 Å². The number of aliphatic hydroxyl groups excluding tert-OH is 1. The van der Waals surface area contributed by atoms with Crippen LogP contribution in [0.2, 0.25) is 0 Å². The van der Waals surface area contributed by atoms with Gasteiger partial charge in [-0.3, -0.25) is 0 Å². The smallest absolute Gasteiger partial charge is 0.119 e. The largest absolute Gasteiger partial charge is 0.491 e. The molecule has 0 aliphatic carbocycles. The number of benzene rings is 1. The van der Waals surface area contributed by atoms with Crippen molar-refractivity contribution < 1.29 is 19.3 Å². The highest BCUT2D eigenvalue weighted by Crippen LogP contribution is 2.07. The molecule has 0 amide bonds. The molecule has 0 spiro atoms. The van der Waals surface area contributed by atoms with E-state index in [-0.39, 0.29) is 6.61 Å². The Morgan fingerprint density at radius 1 is 0.938 bits per heavy atom. The van der Waals surface area contributed by atoms with Crippen molar-refractivity contribution in [3.8, 4) is 5.75 Å². The fraction of sp³-hybridized carbons (Fsp3) is 0.500. The van der Waals surface area contributed by atoms with Gasteiger partial charge in [0.05, 0.1) is 33.0 Å². The molecule has 0 atom stereocenters. The minimum Gasteiger partial charge on any atom is -0.491 e. The van der Waals surface area contributed by atoms with Gasteiger partial charge in [-0.15, -0.1) is 0 Å². The van der Waals surface area contributed by atoms with Gasteiger partial charge in [0.15, 0.2) is 0 Å². The minimum atomic E-state index is 0.0497. The van der Waals surface area contributed by atoms with Gasteiger partial charge in [0.1, 0.15) is 12.4 Å². The monoisotopic (exact) mass is 225 g/mol. The van der Waals surface area contributed by atoms with Crippen LogP contribution in [0.4, 0.5) is 0 Å². The van der Waals surface area contributed by atoms with Gasteiger partial charge in [0.25, 0.3) is 0 Å². The molecular formula is C12H17O4. The summed E-state index contributed by atoms with van der Waals surface area (Å²) in [6.45, 7) is 2.48. The van der Waals surface area contributed by atoms with E-state index in [2.05, 4.69) is 6.07 Å². The van der Waals surface area contributed by atoms with Crippen LogP contribution in [0.3, 0.4) is 0 Å². The molecule has 1 aromatic carbocycles. The van der Waals surface area contributed by atoms with E-state index in [4.69, 9.17) is 19.3 Å². The summed E-state index contributed by atoms with van der Waals surface area (Å²) in [5.41, 5.74) is 0. The van der Waals surface area contributed by atoms with Crippen LogP contribution in [0.15, 0.2) is 24.3 Å². The third-order valence-electron chi connectivity index (χ3n) is 1.79. The van der Waals surface area contributed by atoms with Crippen molar-refractivity contribution in [3.05, 3.63) is 30.3 Å². The van der Waals surface area contributed by atoms with Crippen molar-refractivity contribution in [3.63, 3.8) is 0 Å². The predicted molar refractivity (Wildman–Crippen MR) is 59.5 cm³/mol. The molecule has 0 fully saturated rings. The Morgan fingerprint density at radius 2 is 1.56 bits per heavy atom. The second-order valence-electron chi connectivity index (χ2n) is 3.03. The molecule has 89 valence electrons. The number of ether oxygens (including phenoxy) is 3. The predicted octanol–water partition coefficient (Wildman–Crippen LogP) is 0.891. The molecule has 0 saturated heterocycles. The first kappa shape index (κ1) is 13.0. The van der Waals surface area contributed by atoms with Crippen molar-refractivity contribution in [2.45, 2.75) is 0 Å². The van der Waals surface area contributed by atoms with E-state index in [0.717, 1.165) is 5.75 Å². The highest BCUT2D eigenvalue weighted by molar-refractivity contribution is 5.20. The SMILES string of the molecule is OCCOCCOCCOc1cc[c]cc1. The number of rotatable bonds is 9. The normalized spacial score (nSPS) is 10.3. The van der Waals surface area contributed by atoms with Crippen LogP contribution in [0.5, 0.6) is 5.75 Å². The van der Waals surface area contributed by atoms with Crippen molar-refractivity contribution in [1.29, 1.82) is 0 Å². The van der Waals surface area contributed by atoms with Crippen molar-refractivity contribution in [2.24, 2.45) is 0 Å². The lowest BCUT2D eigenvalue weighted by Gasteiger charge is -2.07. The highest BCUT2D eigenvalue weighted by atomic mass is 16.5. The maximum absolute atomic E-state index is 8.44. The van der Waals surface area contributed by atoms with E-state index < -0.39 is 0 Å². The topological polar surface area (TPSA) is 47.9 Å². The Hall–Kier alpha value is -1.10. The van der Waals surface area contributed by atoms with Crippen LogP contribution in [-0.4, -0.2) is 44.7 Å². The summed E-state index contributed by atoms with van der Waals surface area (Å²) in [4.78, 5) is 0. The molecule has 0 aliphatic heterocycles. The van der Waals surface area contributed by atoms with E-state index in [9.17, 15) is 0 Å². The fourth-order valence-electron chi connectivity index (χ4n) is 1.07. The first-order valence-corrected chi connectivity index (χ1v) is 5.29. The van der Waals surface area contributed by atoms with Crippen LogP contribution in [-0.2, 0) is 9.47 Å². The van der Waals surface area contributed by atoms with E-state index >= 15 is 0 Å². The van der Waals surface area contributed by atoms with Crippen molar-refractivity contribution in [1.82, 2.24) is 0 Å². The van der Waals surface area contributed by atoms with E-state index in [1.807, 2.05) is 12.1 Å². The second kappa shape index (κ2) is 9.15. The van der Waals surface area contributed by atoms with Crippen LogP contribution in [0.1, 0.15) is 0 Å². The molecule has 1 aromatic rings. The lowest BCUT2D eigenvalue weighted by atomic mass is 10.3. The summed E-state index contributed by atoms with van der Waals surface area (Å²) in [6, 6.07) is 10.2. The molecule has 0 saturated carbocycles. The molecule has 4 heteroatoms. The zero-order chi connectivity index (χ0) is 11.5. The molecule has 1 N–H and O–H groups in total. The Morgan fingerprint density at radius 3 is 2.25 bits per heavy atom. The van der Waals surface area contributed by atoms with Gasteiger partial charge in [0.2, 0.25) is 0 Å². The summed E-state index contributed by atoms with van der Waals surface area (Å²) in [6.07, 6.45) is 0. The highest BCUT2D eigenvalue weighted by Gasteiger charge is 1.92. The maximum Gasteiger partial charge on any atom is 0.119 e.